The molecule has 1 aromatic carbocycles. The molecule has 0 saturated heterocycles. The van der Waals surface area contributed by atoms with E-state index in [0.717, 1.165) is 4.47 Å². The molecule has 0 saturated carbocycles. The molecule has 0 unspecified atom stereocenters. The molecule has 108 valence electrons. The van der Waals surface area contributed by atoms with Gasteiger partial charge in [0.1, 0.15) is 12.2 Å². The molecule has 3 rings (SSSR count). The molecule has 21 heavy (non-hydrogen) atoms. The molecular weight excluding hydrogens is 336 g/mol. The highest BCUT2D eigenvalue weighted by Gasteiger charge is 2.36. The molecule has 1 aromatic heterocycles. The highest BCUT2D eigenvalue weighted by Crippen LogP contribution is 2.32. The first-order valence-electron chi connectivity index (χ1n) is 6.53. The molecule has 1 aliphatic heterocycles. The minimum atomic E-state index is -0.526. The Bertz CT molecular complexity index is 738. The first kappa shape index (κ1) is 13.9. The lowest BCUT2D eigenvalue weighted by molar-refractivity contribution is -0.114. The van der Waals surface area contributed by atoms with Crippen molar-refractivity contribution in [1.29, 1.82) is 0 Å². The van der Waals surface area contributed by atoms with E-state index in [9.17, 15) is 9.59 Å². The van der Waals surface area contributed by atoms with E-state index in [2.05, 4.69) is 26.0 Å². The van der Waals surface area contributed by atoms with Gasteiger partial charge in [0, 0.05) is 10.5 Å². The molecule has 6 nitrogen and oxygen atoms in total. The molecule has 0 atom stereocenters. The van der Waals surface area contributed by atoms with Crippen molar-refractivity contribution < 1.29 is 9.59 Å². The third-order valence-corrected chi connectivity index (χ3v) is 3.86. The van der Waals surface area contributed by atoms with Crippen molar-refractivity contribution in [3.63, 3.8) is 0 Å². The Morgan fingerprint density at radius 3 is 2.76 bits per heavy atom. The second-order valence-corrected chi connectivity index (χ2v) is 6.01. The summed E-state index contributed by atoms with van der Waals surface area (Å²) in [6.07, 6.45) is 1.46. The minimum Gasteiger partial charge on any atom is -0.297 e. The van der Waals surface area contributed by atoms with Crippen molar-refractivity contribution >= 4 is 33.3 Å². The van der Waals surface area contributed by atoms with Crippen LogP contribution in [-0.2, 0) is 11.3 Å². The molecule has 2 aromatic rings. The van der Waals surface area contributed by atoms with Gasteiger partial charge in [0.15, 0.2) is 0 Å². The van der Waals surface area contributed by atoms with Crippen LogP contribution in [0.3, 0.4) is 0 Å². The fraction of sp³-hybridized carbons (Fsp3) is 0.286. The van der Waals surface area contributed by atoms with Crippen molar-refractivity contribution in [3.05, 3.63) is 40.4 Å². The summed E-state index contributed by atoms with van der Waals surface area (Å²) in [5, 5.41) is 4.15. The summed E-state index contributed by atoms with van der Waals surface area (Å²) in [6.45, 7) is 4.21. The zero-order valence-corrected chi connectivity index (χ0v) is 13.2. The first-order valence-corrected chi connectivity index (χ1v) is 7.32. The number of halogens is 1. The third-order valence-electron chi connectivity index (χ3n) is 3.37. The maximum Gasteiger partial charge on any atom is 0.299 e. The summed E-state index contributed by atoms with van der Waals surface area (Å²) in [5.41, 5.74) is 1.04. The van der Waals surface area contributed by atoms with Crippen molar-refractivity contribution in [2.45, 2.75) is 26.4 Å². The number of hydrogen-bond donors (Lipinski definition) is 0. The SMILES string of the molecule is CC(C)n1ncnc1CN1C(=O)C(=O)c2cc(Br)ccc21. The van der Waals surface area contributed by atoms with Gasteiger partial charge >= 0.3 is 0 Å². The second kappa shape index (κ2) is 5.07. The van der Waals surface area contributed by atoms with Crippen molar-refractivity contribution in [1.82, 2.24) is 14.8 Å². The topological polar surface area (TPSA) is 68.1 Å². The zero-order chi connectivity index (χ0) is 15.1. The molecule has 1 amide bonds. The Labute approximate surface area is 129 Å². The lowest BCUT2D eigenvalue weighted by Gasteiger charge is -2.17. The summed E-state index contributed by atoms with van der Waals surface area (Å²) in [4.78, 5) is 29.9. The molecule has 0 N–H and O–H groups in total. The summed E-state index contributed by atoms with van der Waals surface area (Å²) in [6, 6.07) is 5.38. The van der Waals surface area contributed by atoms with Crippen LogP contribution in [-0.4, -0.2) is 26.5 Å². The standard InChI is InChI=1S/C14H13BrN4O2/c1-8(2)19-12(16-7-17-19)6-18-11-4-3-9(15)5-10(11)13(20)14(18)21/h3-5,7-8H,6H2,1-2H3. The number of hydrogen-bond acceptors (Lipinski definition) is 4. The Kier molecular flexibility index (Phi) is 3.36. The highest BCUT2D eigenvalue weighted by molar-refractivity contribution is 9.10. The number of anilines is 1. The van der Waals surface area contributed by atoms with Crippen LogP contribution >= 0.6 is 15.9 Å². The van der Waals surface area contributed by atoms with Crippen LogP contribution < -0.4 is 4.90 Å². The van der Waals surface area contributed by atoms with Gasteiger partial charge in [-0.05, 0) is 32.0 Å². The molecule has 0 spiro atoms. The van der Waals surface area contributed by atoms with Gasteiger partial charge in [0.05, 0.1) is 17.8 Å². The quantitative estimate of drug-likeness (QED) is 0.798. The number of aromatic nitrogens is 3. The number of ketones is 1. The number of carbonyl (C=O) groups excluding carboxylic acids is 2. The van der Waals surface area contributed by atoms with Crippen molar-refractivity contribution in [3.8, 4) is 0 Å². The minimum absolute atomic E-state index is 0.139. The average Bonchev–Trinajstić information content (AvgIpc) is 2.99. The zero-order valence-electron chi connectivity index (χ0n) is 11.6. The van der Waals surface area contributed by atoms with Crippen LogP contribution in [0.15, 0.2) is 29.0 Å². The van der Waals surface area contributed by atoms with E-state index in [1.807, 2.05) is 19.9 Å². The maximum absolute atomic E-state index is 12.2. The Balaban J connectivity index is 1.99. The van der Waals surface area contributed by atoms with Gasteiger partial charge in [-0.15, -0.1) is 0 Å². The molecule has 0 bridgehead atoms. The lowest BCUT2D eigenvalue weighted by Crippen LogP contribution is -2.30. The summed E-state index contributed by atoms with van der Waals surface area (Å²) >= 11 is 3.32. The van der Waals surface area contributed by atoms with Crippen LogP contribution in [0.1, 0.15) is 36.1 Å². The Morgan fingerprint density at radius 1 is 1.29 bits per heavy atom. The van der Waals surface area contributed by atoms with Crippen molar-refractivity contribution in [2.24, 2.45) is 0 Å². The van der Waals surface area contributed by atoms with Crippen LogP contribution in [0.25, 0.3) is 0 Å². The first-order chi connectivity index (χ1) is 9.99. The molecule has 2 heterocycles. The van der Waals surface area contributed by atoms with Gasteiger partial charge in [-0.1, -0.05) is 15.9 Å². The van der Waals surface area contributed by atoms with E-state index in [1.165, 1.54) is 11.2 Å². The van der Waals surface area contributed by atoms with Gasteiger partial charge in [0.25, 0.3) is 11.7 Å². The molecular formula is C14H13BrN4O2. The van der Waals surface area contributed by atoms with Gasteiger partial charge in [0.2, 0.25) is 0 Å². The molecule has 7 heteroatoms. The third kappa shape index (κ3) is 2.27. The number of nitrogens with zero attached hydrogens (tertiary/aromatic N) is 4. The number of Topliss-reactive ketones (excluding diaryl/α,β-unsaturated/α-hetero) is 1. The van der Waals surface area contributed by atoms with Crippen LogP contribution in [0.2, 0.25) is 0 Å². The van der Waals surface area contributed by atoms with Gasteiger partial charge in [-0.2, -0.15) is 5.10 Å². The van der Waals surface area contributed by atoms with Crippen LogP contribution in [0, 0.1) is 0 Å². The maximum atomic E-state index is 12.2. The normalized spacial score (nSPS) is 14.2. The monoisotopic (exact) mass is 348 g/mol. The molecule has 0 aliphatic carbocycles. The van der Waals surface area contributed by atoms with Gasteiger partial charge < -0.3 is 0 Å². The molecule has 1 aliphatic rings. The smallest absolute Gasteiger partial charge is 0.297 e. The van der Waals surface area contributed by atoms with E-state index >= 15 is 0 Å². The largest absolute Gasteiger partial charge is 0.299 e. The molecule has 0 radical (unpaired) electrons. The highest BCUT2D eigenvalue weighted by atomic mass is 79.9. The van der Waals surface area contributed by atoms with E-state index in [-0.39, 0.29) is 12.6 Å². The molecule has 0 fully saturated rings. The number of amides is 1. The predicted octanol–water partition coefficient (Wildman–Crippen LogP) is 2.35. The number of benzene rings is 1. The average molecular weight is 349 g/mol. The fourth-order valence-corrected chi connectivity index (χ4v) is 2.75. The number of carbonyl (C=O) groups is 2. The van der Waals surface area contributed by atoms with Crippen molar-refractivity contribution in [2.75, 3.05) is 4.90 Å². The van der Waals surface area contributed by atoms with Gasteiger partial charge in [-0.3, -0.25) is 14.5 Å². The van der Waals surface area contributed by atoms with E-state index < -0.39 is 11.7 Å². The predicted molar refractivity (Wildman–Crippen MR) is 80.1 cm³/mol. The summed E-state index contributed by atoms with van der Waals surface area (Å²) in [7, 11) is 0. The van der Waals surface area contributed by atoms with Gasteiger partial charge in [-0.25, -0.2) is 9.67 Å². The number of rotatable bonds is 3. The fourth-order valence-electron chi connectivity index (χ4n) is 2.39. The Morgan fingerprint density at radius 2 is 2.05 bits per heavy atom. The van der Waals surface area contributed by atoms with E-state index in [4.69, 9.17) is 0 Å². The number of fused-ring (bicyclic) bond motifs is 1. The van der Waals surface area contributed by atoms with Crippen LogP contribution in [0.5, 0.6) is 0 Å². The van der Waals surface area contributed by atoms with E-state index in [1.54, 1.807) is 16.8 Å². The lowest BCUT2D eigenvalue weighted by atomic mass is 10.1. The van der Waals surface area contributed by atoms with Crippen LogP contribution in [0.4, 0.5) is 5.69 Å². The summed E-state index contributed by atoms with van der Waals surface area (Å²) in [5.74, 6) is -0.356. The second-order valence-electron chi connectivity index (χ2n) is 5.10. The Hall–Kier alpha value is -2.02. The summed E-state index contributed by atoms with van der Waals surface area (Å²) < 4.78 is 2.52. The van der Waals surface area contributed by atoms with E-state index in [0.29, 0.717) is 17.1 Å².